The molecule has 17 heavy (non-hydrogen) atoms. The fourth-order valence-corrected chi connectivity index (χ4v) is 3.33. The molecule has 0 bridgehead atoms. The molecule has 2 aliphatic heterocycles. The predicted octanol–water partition coefficient (Wildman–Crippen LogP) is 1.54. The maximum Gasteiger partial charge on any atom is 0.0223 e. The molecule has 0 aromatic carbocycles. The van der Waals surface area contributed by atoms with Crippen LogP contribution in [0.2, 0.25) is 0 Å². The van der Waals surface area contributed by atoms with E-state index < -0.39 is 0 Å². The zero-order valence-corrected chi connectivity index (χ0v) is 11.6. The highest BCUT2D eigenvalue weighted by Gasteiger charge is 2.28. The van der Waals surface area contributed by atoms with Crippen LogP contribution in [0.25, 0.3) is 0 Å². The van der Waals surface area contributed by atoms with Crippen LogP contribution < -0.4 is 5.32 Å². The van der Waals surface area contributed by atoms with E-state index in [1.165, 1.54) is 65.0 Å². The fourth-order valence-electron chi connectivity index (χ4n) is 3.33. The van der Waals surface area contributed by atoms with Crippen molar-refractivity contribution in [2.75, 3.05) is 39.3 Å². The van der Waals surface area contributed by atoms with Crippen molar-refractivity contribution in [3.8, 4) is 0 Å². The Morgan fingerprint density at radius 1 is 1.18 bits per heavy atom. The van der Waals surface area contributed by atoms with Gasteiger partial charge < -0.3 is 10.2 Å². The Balaban J connectivity index is 1.70. The molecule has 2 rings (SSSR count). The highest BCUT2D eigenvalue weighted by molar-refractivity contribution is 4.86. The van der Waals surface area contributed by atoms with Crippen molar-refractivity contribution in [1.82, 2.24) is 15.1 Å². The quantitative estimate of drug-likeness (QED) is 0.758. The Morgan fingerprint density at radius 3 is 2.82 bits per heavy atom. The first kappa shape index (κ1) is 13.3. The zero-order valence-electron chi connectivity index (χ0n) is 11.6. The molecule has 3 heteroatoms. The van der Waals surface area contributed by atoms with Crippen LogP contribution in [0.15, 0.2) is 0 Å². The van der Waals surface area contributed by atoms with Gasteiger partial charge in [0.2, 0.25) is 0 Å². The van der Waals surface area contributed by atoms with Gasteiger partial charge in [0, 0.05) is 25.2 Å². The second-order valence-corrected chi connectivity index (χ2v) is 5.62. The van der Waals surface area contributed by atoms with E-state index in [1.54, 1.807) is 0 Å². The third-order valence-electron chi connectivity index (χ3n) is 4.33. The number of hydrogen-bond acceptors (Lipinski definition) is 3. The van der Waals surface area contributed by atoms with Gasteiger partial charge >= 0.3 is 0 Å². The minimum absolute atomic E-state index is 0.756. The molecule has 0 amide bonds. The summed E-state index contributed by atoms with van der Waals surface area (Å²) in [5.74, 6) is 0. The Hall–Kier alpha value is -0.120. The summed E-state index contributed by atoms with van der Waals surface area (Å²) in [7, 11) is 0. The molecular formula is C14H29N3. The summed E-state index contributed by atoms with van der Waals surface area (Å²) in [6, 6.07) is 1.59. The highest BCUT2D eigenvalue weighted by atomic mass is 15.3. The van der Waals surface area contributed by atoms with Gasteiger partial charge in [0.05, 0.1) is 0 Å². The van der Waals surface area contributed by atoms with Gasteiger partial charge in [0.1, 0.15) is 0 Å². The second kappa shape index (κ2) is 6.72. The van der Waals surface area contributed by atoms with E-state index in [1.807, 2.05) is 0 Å². The van der Waals surface area contributed by atoms with E-state index in [-0.39, 0.29) is 0 Å². The Kier molecular flexibility index (Phi) is 5.26. The molecule has 0 saturated carbocycles. The molecule has 2 fully saturated rings. The van der Waals surface area contributed by atoms with Gasteiger partial charge in [-0.1, -0.05) is 13.8 Å². The van der Waals surface area contributed by atoms with E-state index in [2.05, 4.69) is 29.0 Å². The minimum atomic E-state index is 0.756. The van der Waals surface area contributed by atoms with Crippen LogP contribution in [0.5, 0.6) is 0 Å². The molecule has 0 aliphatic carbocycles. The lowest BCUT2D eigenvalue weighted by Gasteiger charge is -2.27. The monoisotopic (exact) mass is 239 g/mol. The van der Waals surface area contributed by atoms with E-state index in [0.717, 1.165) is 12.1 Å². The average molecular weight is 239 g/mol. The first-order chi connectivity index (χ1) is 8.33. The maximum atomic E-state index is 3.66. The predicted molar refractivity (Wildman–Crippen MR) is 73.4 cm³/mol. The summed E-state index contributed by atoms with van der Waals surface area (Å²) in [6.45, 7) is 12.2. The van der Waals surface area contributed by atoms with Gasteiger partial charge in [-0.2, -0.15) is 0 Å². The molecule has 2 heterocycles. The summed E-state index contributed by atoms with van der Waals surface area (Å²) >= 11 is 0. The van der Waals surface area contributed by atoms with E-state index in [0.29, 0.717) is 0 Å². The SMILES string of the molecule is CCCNC1CCN(CC2CCCN2CC)C1. The molecule has 0 radical (unpaired) electrons. The van der Waals surface area contributed by atoms with Crippen molar-refractivity contribution in [2.45, 2.75) is 51.6 Å². The molecule has 3 nitrogen and oxygen atoms in total. The minimum Gasteiger partial charge on any atom is -0.313 e. The second-order valence-electron chi connectivity index (χ2n) is 5.62. The smallest absolute Gasteiger partial charge is 0.0223 e. The molecule has 0 aromatic heterocycles. The molecule has 2 unspecified atom stereocenters. The molecule has 2 atom stereocenters. The average Bonchev–Trinajstić information content (AvgIpc) is 2.96. The van der Waals surface area contributed by atoms with Crippen LogP contribution in [0, 0.1) is 0 Å². The summed E-state index contributed by atoms with van der Waals surface area (Å²) in [4.78, 5) is 5.33. The number of likely N-dealkylation sites (tertiary alicyclic amines) is 2. The Labute approximate surface area is 107 Å². The lowest BCUT2D eigenvalue weighted by atomic mass is 10.2. The lowest BCUT2D eigenvalue weighted by Crippen LogP contribution is -2.41. The largest absolute Gasteiger partial charge is 0.313 e. The van der Waals surface area contributed by atoms with Crippen molar-refractivity contribution in [3.63, 3.8) is 0 Å². The number of nitrogens with zero attached hydrogens (tertiary/aromatic N) is 2. The van der Waals surface area contributed by atoms with Crippen LogP contribution >= 0.6 is 0 Å². The molecule has 1 N–H and O–H groups in total. The first-order valence-electron chi connectivity index (χ1n) is 7.53. The van der Waals surface area contributed by atoms with E-state index >= 15 is 0 Å². The number of rotatable bonds is 6. The van der Waals surface area contributed by atoms with Crippen LogP contribution in [-0.4, -0.2) is 61.2 Å². The Morgan fingerprint density at radius 2 is 2.06 bits per heavy atom. The maximum absolute atomic E-state index is 3.66. The van der Waals surface area contributed by atoms with Gasteiger partial charge in [0.25, 0.3) is 0 Å². The van der Waals surface area contributed by atoms with Crippen LogP contribution in [0.1, 0.15) is 39.5 Å². The van der Waals surface area contributed by atoms with Crippen molar-refractivity contribution in [1.29, 1.82) is 0 Å². The molecule has 0 aromatic rings. The third kappa shape index (κ3) is 3.67. The van der Waals surface area contributed by atoms with Crippen molar-refractivity contribution in [3.05, 3.63) is 0 Å². The number of nitrogens with one attached hydrogen (secondary N) is 1. The number of hydrogen-bond donors (Lipinski definition) is 1. The van der Waals surface area contributed by atoms with Crippen LogP contribution in [0.3, 0.4) is 0 Å². The third-order valence-corrected chi connectivity index (χ3v) is 4.33. The summed E-state index contributed by atoms with van der Waals surface area (Å²) in [5, 5.41) is 3.66. The van der Waals surface area contributed by atoms with Gasteiger partial charge in [-0.15, -0.1) is 0 Å². The van der Waals surface area contributed by atoms with Gasteiger partial charge in [0.15, 0.2) is 0 Å². The normalized spacial score (nSPS) is 31.4. The fraction of sp³-hybridized carbons (Fsp3) is 1.00. The van der Waals surface area contributed by atoms with Gasteiger partial charge in [-0.05, 0) is 51.9 Å². The van der Waals surface area contributed by atoms with Crippen LogP contribution in [-0.2, 0) is 0 Å². The molecule has 100 valence electrons. The zero-order chi connectivity index (χ0) is 12.1. The topological polar surface area (TPSA) is 18.5 Å². The molecule has 2 saturated heterocycles. The molecular weight excluding hydrogens is 210 g/mol. The number of likely N-dealkylation sites (N-methyl/N-ethyl adjacent to an activating group) is 1. The summed E-state index contributed by atoms with van der Waals surface area (Å²) in [6.07, 6.45) is 5.42. The first-order valence-corrected chi connectivity index (χ1v) is 7.53. The molecule has 0 spiro atoms. The molecule has 2 aliphatic rings. The van der Waals surface area contributed by atoms with Crippen molar-refractivity contribution in [2.24, 2.45) is 0 Å². The van der Waals surface area contributed by atoms with Crippen molar-refractivity contribution < 1.29 is 0 Å². The highest BCUT2D eigenvalue weighted by Crippen LogP contribution is 2.19. The summed E-state index contributed by atoms with van der Waals surface area (Å²) < 4.78 is 0. The standard InChI is InChI=1S/C14H29N3/c1-3-8-15-13-7-10-16(11-13)12-14-6-5-9-17(14)4-2/h13-15H,3-12H2,1-2H3. The van der Waals surface area contributed by atoms with Gasteiger partial charge in [-0.25, -0.2) is 0 Å². The van der Waals surface area contributed by atoms with E-state index in [9.17, 15) is 0 Å². The lowest BCUT2D eigenvalue weighted by molar-refractivity contribution is 0.196. The van der Waals surface area contributed by atoms with Crippen LogP contribution in [0.4, 0.5) is 0 Å². The van der Waals surface area contributed by atoms with E-state index in [4.69, 9.17) is 0 Å². The van der Waals surface area contributed by atoms with Crippen molar-refractivity contribution >= 4 is 0 Å². The Bertz CT molecular complexity index is 220. The summed E-state index contributed by atoms with van der Waals surface area (Å²) in [5.41, 5.74) is 0. The van der Waals surface area contributed by atoms with Gasteiger partial charge in [-0.3, -0.25) is 4.90 Å².